The lowest BCUT2D eigenvalue weighted by molar-refractivity contribution is -0.192. The van der Waals surface area contributed by atoms with Gasteiger partial charge in [0.1, 0.15) is 0 Å². The number of rotatable bonds is 9. The summed E-state index contributed by atoms with van der Waals surface area (Å²) in [7, 11) is 0. The first-order chi connectivity index (χ1) is 16.6. The summed E-state index contributed by atoms with van der Waals surface area (Å²) in [6, 6.07) is 8.66. The second-order valence-electron chi connectivity index (χ2n) is 9.67. The molecule has 0 bridgehead atoms. The second kappa shape index (κ2) is 14.4. The number of hydrogen-bond donors (Lipinski definition) is 4. The van der Waals surface area contributed by atoms with Gasteiger partial charge in [-0.05, 0) is 81.4 Å². The number of carboxylic acids is 1. The van der Waals surface area contributed by atoms with E-state index in [-0.39, 0.29) is 5.91 Å². The van der Waals surface area contributed by atoms with Gasteiger partial charge < -0.3 is 26.0 Å². The van der Waals surface area contributed by atoms with Gasteiger partial charge in [0.2, 0.25) is 0 Å². The fourth-order valence-corrected chi connectivity index (χ4v) is 4.50. The van der Waals surface area contributed by atoms with Gasteiger partial charge >= 0.3 is 12.1 Å². The number of alkyl halides is 3. The van der Waals surface area contributed by atoms with Gasteiger partial charge in [-0.2, -0.15) is 13.2 Å². The molecule has 0 radical (unpaired) electrons. The van der Waals surface area contributed by atoms with E-state index in [0.29, 0.717) is 12.0 Å². The van der Waals surface area contributed by atoms with Crippen LogP contribution < -0.4 is 16.0 Å². The van der Waals surface area contributed by atoms with Gasteiger partial charge in [-0.15, -0.1) is 0 Å². The number of carbonyl (C=O) groups is 2. The highest BCUT2D eigenvalue weighted by atomic mass is 19.4. The Morgan fingerprint density at radius 2 is 1.80 bits per heavy atom. The van der Waals surface area contributed by atoms with Crippen molar-refractivity contribution in [1.82, 2.24) is 20.9 Å². The standard InChI is InChI=1S/C23H38N4O.C2HF3O2/c1-18(2)15-21-17-24-10-9-22(21)26-16-19-5-7-20(8-6-19)23(28)25-11-14-27-12-3-4-13-27;3-2(4,5)1(6)7/h5-8,18,21-22,24,26H,3-4,9-17H2,1-2H3,(H,25,28);(H,6,7). The number of likely N-dealkylation sites (tertiary alicyclic amines) is 1. The largest absolute Gasteiger partial charge is 0.490 e. The molecule has 0 saturated carbocycles. The summed E-state index contributed by atoms with van der Waals surface area (Å²) >= 11 is 0. The summed E-state index contributed by atoms with van der Waals surface area (Å²) in [5.74, 6) is -1.28. The van der Waals surface area contributed by atoms with E-state index >= 15 is 0 Å². The molecule has 10 heteroatoms. The van der Waals surface area contributed by atoms with Crippen molar-refractivity contribution in [2.24, 2.45) is 11.8 Å². The van der Waals surface area contributed by atoms with Crippen LogP contribution in [-0.2, 0) is 11.3 Å². The minimum Gasteiger partial charge on any atom is -0.475 e. The molecule has 35 heavy (non-hydrogen) atoms. The number of halogens is 3. The van der Waals surface area contributed by atoms with E-state index in [1.807, 2.05) is 12.1 Å². The van der Waals surface area contributed by atoms with Crippen LogP contribution in [0.1, 0.15) is 55.5 Å². The lowest BCUT2D eigenvalue weighted by Crippen LogP contribution is -2.47. The molecule has 0 aromatic heterocycles. The summed E-state index contributed by atoms with van der Waals surface area (Å²) in [5.41, 5.74) is 2.00. The fraction of sp³-hybridized carbons (Fsp3) is 0.680. The molecule has 4 N–H and O–H groups in total. The van der Waals surface area contributed by atoms with Crippen LogP contribution in [0.3, 0.4) is 0 Å². The van der Waals surface area contributed by atoms with Crippen LogP contribution in [0, 0.1) is 11.8 Å². The molecule has 198 valence electrons. The molecule has 2 aliphatic rings. The van der Waals surface area contributed by atoms with Crippen molar-refractivity contribution in [3.05, 3.63) is 35.4 Å². The van der Waals surface area contributed by atoms with Gasteiger partial charge in [-0.3, -0.25) is 4.79 Å². The molecule has 2 saturated heterocycles. The van der Waals surface area contributed by atoms with Crippen molar-refractivity contribution >= 4 is 11.9 Å². The molecule has 1 amide bonds. The predicted molar refractivity (Wildman–Crippen MR) is 129 cm³/mol. The average molecular weight is 501 g/mol. The average Bonchev–Trinajstić information content (AvgIpc) is 3.32. The van der Waals surface area contributed by atoms with Crippen molar-refractivity contribution < 1.29 is 27.9 Å². The normalized spacial score (nSPS) is 20.9. The monoisotopic (exact) mass is 500 g/mol. The number of hydrogen-bond acceptors (Lipinski definition) is 5. The Bertz CT molecular complexity index is 781. The smallest absolute Gasteiger partial charge is 0.475 e. The van der Waals surface area contributed by atoms with Crippen molar-refractivity contribution in [2.75, 3.05) is 39.3 Å². The molecule has 3 rings (SSSR count). The molecule has 1 aromatic carbocycles. The molecule has 0 aliphatic carbocycles. The predicted octanol–water partition coefficient (Wildman–Crippen LogP) is 3.26. The number of aliphatic carboxylic acids is 1. The number of amides is 1. The first kappa shape index (κ1) is 29.1. The maximum Gasteiger partial charge on any atom is 0.490 e. The van der Waals surface area contributed by atoms with Gasteiger partial charge in [0.15, 0.2) is 0 Å². The van der Waals surface area contributed by atoms with Gasteiger partial charge in [0, 0.05) is 31.2 Å². The van der Waals surface area contributed by atoms with Gasteiger partial charge in [0.25, 0.3) is 5.91 Å². The summed E-state index contributed by atoms with van der Waals surface area (Å²) < 4.78 is 31.7. The van der Waals surface area contributed by atoms with Crippen LogP contribution >= 0.6 is 0 Å². The molecular formula is C25H39F3N4O3. The molecule has 7 nitrogen and oxygen atoms in total. The van der Waals surface area contributed by atoms with Crippen LogP contribution in [0.2, 0.25) is 0 Å². The number of carbonyl (C=O) groups excluding carboxylic acids is 1. The van der Waals surface area contributed by atoms with Gasteiger partial charge in [0.05, 0.1) is 0 Å². The molecule has 2 aliphatic heterocycles. The zero-order valence-electron chi connectivity index (χ0n) is 20.7. The minimum atomic E-state index is -5.08. The topological polar surface area (TPSA) is 93.7 Å². The van der Waals surface area contributed by atoms with Crippen molar-refractivity contribution in [1.29, 1.82) is 0 Å². The highest BCUT2D eigenvalue weighted by molar-refractivity contribution is 5.94. The lowest BCUT2D eigenvalue weighted by atomic mass is 9.86. The van der Waals surface area contributed by atoms with Crippen LogP contribution in [0.5, 0.6) is 0 Å². The Morgan fingerprint density at radius 1 is 1.17 bits per heavy atom. The van der Waals surface area contributed by atoms with E-state index in [0.717, 1.165) is 44.2 Å². The minimum absolute atomic E-state index is 0.0362. The number of carboxylic acid groups (broad SMARTS) is 1. The van der Waals surface area contributed by atoms with E-state index in [4.69, 9.17) is 9.90 Å². The molecule has 2 unspecified atom stereocenters. The van der Waals surface area contributed by atoms with E-state index in [9.17, 15) is 18.0 Å². The highest BCUT2D eigenvalue weighted by Gasteiger charge is 2.38. The van der Waals surface area contributed by atoms with E-state index in [2.05, 4.69) is 46.8 Å². The zero-order valence-corrected chi connectivity index (χ0v) is 20.7. The summed E-state index contributed by atoms with van der Waals surface area (Å²) in [4.78, 5) is 23.6. The van der Waals surface area contributed by atoms with Crippen molar-refractivity contribution in [3.8, 4) is 0 Å². The van der Waals surface area contributed by atoms with E-state index in [1.54, 1.807) is 0 Å². The number of piperidine rings is 1. The third-order valence-corrected chi connectivity index (χ3v) is 6.32. The first-order valence-electron chi connectivity index (χ1n) is 12.4. The Morgan fingerprint density at radius 3 is 2.37 bits per heavy atom. The maximum absolute atomic E-state index is 12.3. The van der Waals surface area contributed by atoms with Crippen molar-refractivity contribution in [2.45, 2.75) is 58.3 Å². The summed E-state index contributed by atoms with van der Waals surface area (Å²) in [5, 5.41) is 17.5. The third-order valence-electron chi connectivity index (χ3n) is 6.32. The number of benzene rings is 1. The SMILES string of the molecule is CC(C)CC1CNCCC1NCc1ccc(C(=O)NCCN2CCCC2)cc1.O=C(O)C(F)(F)F. The second-order valence-corrected chi connectivity index (χ2v) is 9.67. The molecule has 2 atom stereocenters. The Balaban J connectivity index is 0.000000540. The van der Waals surface area contributed by atoms with Crippen LogP contribution in [0.15, 0.2) is 24.3 Å². The molecule has 2 heterocycles. The Hall–Kier alpha value is -2.17. The zero-order chi connectivity index (χ0) is 25.8. The third kappa shape index (κ3) is 11.0. The van der Waals surface area contributed by atoms with E-state index < -0.39 is 12.1 Å². The number of nitrogens with one attached hydrogen (secondary N) is 3. The first-order valence-corrected chi connectivity index (χ1v) is 12.4. The Labute approximate surface area is 205 Å². The fourth-order valence-electron chi connectivity index (χ4n) is 4.50. The molecule has 1 aromatic rings. The number of nitrogens with zero attached hydrogens (tertiary/aromatic N) is 1. The van der Waals surface area contributed by atoms with Gasteiger partial charge in [-0.25, -0.2) is 4.79 Å². The summed E-state index contributed by atoms with van der Waals surface area (Å²) in [6.45, 7) is 11.7. The van der Waals surface area contributed by atoms with Crippen LogP contribution in [0.25, 0.3) is 0 Å². The van der Waals surface area contributed by atoms with E-state index in [1.165, 1.54) is 44.3 Å². The highest BCUT2D eigenvalue weighted by Crippen LogP contribution is 2.20. The maximum atomic E-state index is 12.3. The van der Waals surface area contributed by atoms with Gasteiger partial charge in [-0.1, -0.05) is 26.0 Å². The summed E-state index contributed by atoms with van der Waals surface area (Å²) in [6.07, 6.45) is -0.0475. The van der Waals surface area contributed by atoms with Crippen molar-refractivity contribution in [3.63, 3.8) is 0 Å². The Kier molecular flexibility index (Phi) is 12.0. The van der Waals surface area contributed by atoms with Crippen LogP contribution in [0.4, 0.5) is 13.2 Å². The molecular weight excluding hydrogens is 461 g/mol. The lowest BCUT2D eigenvalue weighted by Gasteiger charge is -2.34. The quantitative estimate of drug-likeness (QED) is 0.416. The van der Waals surface area contributed by atoms with Crippen LogP contribution in [-0.4, -0.2) is 73.4 Å². The molecule has 2 fully saturated rings. The molecule has 0 spiro atoms.